The second-order valence-corrected chi connectivity index (χ2v) is 7.89. The molecule has 5 nitrogen and oxygen atoms in total. The maximum absolute atomic E-state index is 13.1. The van der Waals surface area contributed by atoms with E-state index in [0.29, 0.717) is 31.9 Å². The van der Waals surface area contributed by atoms with Crippen molar-refractivity contribution in [2.45, 2.75) is 12.3 Å². The molecule has 2 amide bonds. The van der Waals surface area contributed by atoms with Crippen molar-refractivity contribution in [1.82, 2.24) is 14.8 Å². The van der Waals surface area contributed by atoms with Crippen LogP contribution in [0.5, 0.6) is 0 Å². The smallest absolute Gasteiger partial charge is 0.270 e. The molecule has 29 heavy (non-hydrogen) atoms. The van der Waals surface area contributed by atoms with E-state index in [9.17, 15) is 14.0 Å². The number of rotatable bonds is 3. The first-order valence-electron chi connectivity index (χ1n) is 10.0. The molecule has 1 N–H and O–H groups in total. The number of hydrogen-bond acceptors (Lipinski definition) is 2. The molecule has 5 rings (SSSR count). The standard InChI is InChI=1S/C23H22FN3O2/c24-17-7-5-15(6-8-17)18-14-19(18)22(28)26-9-11-27(12-10-26)23(29)21-13-16-3-1-2-4-20(16)25-21/h1-8,13,18-19,25H,9-12,14H2/t18-,19+/m0/s1. The lowest BCUT2D eigenvalue weighted by Gasteiger charge is -2.34. The minimum Gasteiger partial charge on any atom is -0.351 e. The van der Waals surface area contributed by atoms with Crippen LogP contribution in [-0.2, 0) is 4.79 Å². The number of amides is 2. The fourth-order valence-electron chi connectivity index (χ4n) is 4.27. The third-order valence-corrected chi connectivity index (χ3v) is 6.04. The fourth-order valence-corrected chi connectivity index (χ4v) is 4.27. The molecule has 148 valence electrons. The molecule has 1 aliphatic heterocycles. The summed E-state index contributed by atoms with van der Waals surface area (Å²) in [4.78, 5) is 32.5. The largest absolute Gasteiger partial charge is 0.351 e. The number of hydrogen-bond donors (Lipinski definition) is 1. The summed E-state index contributed by atoms with van der Waals surface area (Å²) in [6.07, 6.45) is 0.818. The topological polar surface area (TPSA) is 56.4 Å². The van der Waals surface area contributed by atoms with E-state index >= 15 is 0 Å². The molecule has 0 spiro atoms. The van der Waals surface area contributed by atoms with E-state index in [1.54, 1.807) is 17.0 Å². The summed E-state index contributed by atoms with van der Waals surface area (Å²) in [5.41, 5.74) is 2.56. The number of fused-ring (bicyclic) bond motifs is 1. The van der Waals surface area contributed by atoms with Gasteiger partial charge in [0.05, 0.1) is 0 Å². The third-order valence-electron chi connectivity index (χ3n) is 6.04. The van der Waals surface area contributed by atoms with E-state index in [0.717, 1.165) is 22.9 Å². The summed E-state index contributed by atoms with van der Waals surface area (Å²) in [5.74, 6) is 0.0412. The Morgan fingerprint density at radius 1 is 0.931 bits per heavy atom. The number of para-hydroxylation sites is 1. The van der Waals surface area contributed by atoms with Crippen molar-refractivity contribution in [1.29, 1.82) is 0 Å². The Labute approximate surface area is 168 Å². The molecule has 1 saturated carbocycles. The van der Waals surface area contributed by atoms with Crippen molar-refractivity contribution < 1.29 is 14.0 Å². The Kier molecular flexibility index (Phi) is 4.34. The van der Waals surface area contributed by atoms with Crippen molar-refractivity contribution >= 4 is 22.7 Å². The number of nitrogens with zero attached hydrogens (tertiary/aromatic N) is 2. The highest BCUT2D eigenvalue weighted by Crippen LogP contribution is 2.48. The number of piperazine rings is 1. The van der Waals surface area contributed by atoms with Crippen molar-refractivity contribution in [2.75, 3.05) is 26.2 Å². The number of carbonyl (C=O) groups is 2. The predicted molar refractivity (Wildman–Crippen MR) is 108 cm³/mol. The number of H-pyrrole nitrogens is 1. The molecule has 0 radical (unpaired) electrons. The first-order chi connectivity index (χ1) is 14.1. The summed E-state index contributed by atoms with van der Waals surface area (Å²) < 4.78 is 13.1. The number of aromatic nitrogens is 1. The van der Waals surface area contributed by atoms with Gasteiger partial charge < -0.3 is 14.8 Å². The van der Waals surface area contributed by atoms with E-state index in [4.69, 9.17) is 0 Å². The zero-order valence-electron chi connectivity index (χ0n) is 16.0. The van der Waals surface area contributed by atoms with Gasteiger partial charge in [0.1, 0.15) is 11.5 Å². The zero-order valence-corrected chi connectivity index (χ0v) is 16.0. The molecule has 2 heterocycles. The maximum atomic E-state index is 13.1. The van der Waals surface area contributed by atoms with Crippen molar-refractivity contribution in [3.63, 3.8) is 0 Å². The van der Waals surface area contributed by atoms with Gasteiger partial charge in [-0.3, -0.25) is 9.59 Å². The molecule has 2 aromatic carbocycles. The van der Waals surface area contributed by atoms with E-state index in [1.807, 2.05) is 35.2 Å². The van der Waals surface area contributed by atoms with Gasteiger partial charge >= 0.3 is 0 Å². The lowest BCUT2D eigenvalue weighted by atomic mass is 10.1. The quantitative estimate of drug-likeness (QED) is 0.744. The first kappa shape index (κ1) is 17.9. The molecule has 1 aromatic heterocycles. The Hall–Kier alpha value is -3.15. The van der Waals surface area contributed by atoms with E-state index < -0.39 is 0 Å². The fraction of sp³-hybridized carbons (Fsp3) is 0.304. The maximum Gasteiger partial charge on any atom is 0.270 e. The molecular formula is C23H22FN3O2. The number of benzene rings is 2. The summed E-state index contributed by atoms with van der Waals surface area (Å²) in [5, 5.41) is 1.02. The molecule has 3 aromatic rings. The highest BCUT2D eigenvalue weighted by Gasteiger charge is 2.46. The Balaban J connectivity index is 1.19. The van der Waals surface area contributed by atoms with Crippen LogP contribution in [0.4, 0.5) is 4.39 Å². The van der Waals surface area contributed by atoms with Gasteiger partial charge in [-0.2, -0.15) is 0 Å². The summed E-state index contributed by atoms with van der Waals surface area (Å²) in [7, 11) is 0. The van der Waals surface area contributed by atoms with Crippen LogP contribution in [0.3, 0.4) is 0 Å². The van der Waals surface area contributed by atoms with Crippen LogP contribution in [0, 0.1) is 11.7 Å². The Bertz CT molecular complexity index is 1030. The lowest BCUT2D eigenvalue weighted by molar-refractivity contribution is -0.134. The summed E-state index contributed by atoms with van der Waals surface area (Å²) >= 11 is 0. The molecule has 1 saturated heterocycles. The summed E-state index contributed by atoms with van der Waals surface area (Å²) in [6.45, 7) is 2.18. The molecular weight excluding hydrogens is 369 g/mol. The molecule has 6 heteroatoms. The minimum absolute atomic E-state index is 0.0172. The van der Waals surface area contributed by atoms with Gasteiger partial charge in [-0.15, -0.1) is 0 Å². The highest BCUT2D eigenvalue weighted by atomic mass is 19.1. The molecule has 2 fully saturated rings. The number of carbonyl (C=O) groups excluding carboxylic acids is 2. The number of halogens is 1. The second kappa shape index (κ2) is 7.03. The van der Waals surface area contributed by atoms with Crippen LogP contribution in [0.1, 0.15) is 28.4 Å². The van der Waals surface area contributed by atoms with Crippen LogP contribution in [0.2, 0.25) is 0 Å². The SMILES string of the molecule is O=C(c1cc2ccccc2[nH]1)N1CCN(C(=O)[C@@H]2C[C@H]2c2ccc(F)cc2)CC1. The van der Waals surface area contributed by atoms with Gasteiger partial charge in [-0.1, -0.05) is 30.3 Å². The van der Waals surface area contributed by atoms with Crippen LogP contribution in [-0.4, -0.2) is 52.8 Å². The molecule has 0 bridgehead atoms. The number of aromatic amines is 1. The van der Waals surface area contributed by atoms with Crippen LogP contribution < -0.4 is 0 Å². The normalized spacial score (nSPS) is 21.4. The monoisotopic (exact) mass is 391 g/mol. The van der Waals surface area contributed by atoms with Crippen LogP contribution >= 0.6 is 0 Å². The predicted octanol–water partition coefficient (Wildman–Crippen LogP) is 3.40. The minimum atomic E-state index is -0.256. The Morgan fingerprint density at radius 2 is 1.62 bits per heavy atom. The highest BCUT2D eigenvalue weighted by molar-refractivity contribution is 5.98. The average molecular weight is 391 g/mol. The van der Waals surface area contributed by atoms with Crippen molar-refractivity contribution in [2.24, 2.45) is 5.92 Å². The molecule has 1 aliphatic carbocycles. The lowest BCUT2D eigenvalue weighted by Crippen LogP contribution is -2.51. The van der Waals surface area contributed by atoms with Gasteiger partial charge in [-0.25, -0.2) is 4.39 Å². The first-order valence-corrected chi connectivity index (χ1v) is 10.0. The molecule has 2 aliphatic rings. The van der Waals surface area contributed by atoms with Crippen molar-refractivity contribution in [3.05, 3.63) is 71.7 Å². The van der Waals surface area contributed by atoms with Crippen molar-refractivity contribution in [3.8, 4) is 0 Å². The van der Waals surface area contributed by atoms with Crippen LogP contribution in [0.15, 0.2) is 54.6 Å². The molecule has 0 unspecified atom stereocenters. The summed E-state index contributed by atoms with van der Waals surface area (Å²) in [6, 6.07) is 16.1. The Morgan fingerprint density at radius 3 is 2.34 bits per heavy atom. The van der Waals surface area contributed by atoms with E-state index in [1.165, 1.54) is 12.1 Å². The average Bonchev–Trinajstić information content (AvgIpc) is 3.43. The van der Waals surface area contributed by atoms with Gasteiger partial charge in [0.25, 0.3) is 5.91 Å². The van der Waals surface area contributed by atoms with Gasteiger partial charge in [0, 0.05) is 43.0 Å². The van der Waals surface area contributed by atoms with E-state index in [2.05, 4.69) is 4.98 Å². The number of nitrogens with one attached hydrogen (secondary N) is 1. The second-order valence-electron chi connectivity index (χ2n) is 7.89. The van der Waals surface area contributed by atoms with Gasteiger partial charge in [-0.05, 0) is 42.2 Å². The van der Waals surface area contributed by atoms with Gasteiger partial charge in [0.15, 0.2) is 0 Å². The van der Waals surface area contributed by atoms with Gasteiger partial charge in [0.2, 0.25) is 5.91 Å². The molecule has 2 atom stereocenters. The van der Waals surface area contributed by atoms with E-state index in [-0.39, 0.29) is 29.5 Å². The van der Waals surface area contributed by atoms with Crippen LogP contribution in [0.25, 0.3) is 10.9 Å². The zero-order chi connectivity index (χ0) is 20.0. The third kappa shape index (κ3) is 3.39.